The SMILES string of the molecule is COc1ccc(CCNS(=O)(=O)c2nnc(NC(=O)c3ccccc3)s2)cc1. The molecule has 8 nitrogen and oxygen atoms in total. The fraction of sp³-hybridized carbons (Fsp3) is 0.167. The van der Waals surface area contributed by atoms with E-state index in [0.29, 0.717) is 12.0 Å². The third-order valence-corrected chi connectivity index (χ3v) is 6.42. The van der Waals surface area contributed by atoms with Crippen LogP contribution in [0.3, 0.4) is 0 Å². The van der Waals surface area contributed by atoms with Crippen molar-refractivity contribution >= 4 is 32.4 Å². The van der Waals surface area contributed by atoms with E-state index >= 15 is 0 Å². The van der Waals surface area contributed by atoms with Gasteiger partial charge < -0.3 is 4.74 Å². The van der Waals surface area contributed by atoms with Gasteiger partial charge in [0.15, 0.2) is 0 Å². The first kappa shape index (κ1) is 19.9. The van der Waals surface area contributed by atoms with Crippen LogP contribution in [-0.2, 0) is 16.4 Å². The number of hydrogen-bond acceptors (Lipinski definition) is 7. The fourth-order valence-electron chi connectivity index (χ4n) is 2.31. The van der Waals surface area contributed by atoms with Gasteiger partial charge in [0.2, 0.25) is 9.47 Å². The Morgan fingerprint density at radius 1 is 1.07 bits per heavy atom. The zero-order valence-corrected chi connectivity index (χ0v) is 16.6. The number of anilines is 1. The minimum Gasteiger partial charge on any atom is -0.497 e. The van der Waals surface area contributed by atoms with E-state index in [1.54, 1.807) is 37.4 Å². The van der Waals surface area contributed by atoms with Gasteiger partial charge in [-0.2, -0.15) is 0 Å². The highest BCUT2D eigenvalue weighted by molar-refractivity contribution is 7.91. The molecule has 0 aliphatic rings. The Bertz CT molecular complexity index is 1030. The zero-order chi connectivity index (χ0) is 20.0. The highest BCUT2D eigenvalue weighted by Gasteiger charge is 2.20. The fourth-order valence-corrected chi connectivity index (χ4v) is 4.28. The van der Waals surface area contributed by atoms with Gasteiger partial charge in [-0.05, 0) is 36.2 Å². The van der Waals surface area contributed by atoms with E-state index in [9.17, 15) is 13.2 Å². The lowest BCUT2D eigenvalue weighted by Gasteiger charge is -2.05. The van der Waals surface area contributed by atoms with Crippen LogP contribution < -0.4 is 14.8 Å². The quantitative estimate of drug-likeness (QED) is 0.543. The van der Waals surface area contributed by atoms with E-state index < -0.39 is 10.0 Å². The van der Waals surface area contributed by atoms with Crippen molar-refractivity contribution in [2.45, 2.75) is 10.8 Å². The average Bonchev–Trinajstić information content (AvgIpc) is 3.18. The number of carbonyl (C=O) groups is 1. The number of rotatable bonds is 8. The van der Waals surface area contributed by atoms with E-state index in [1.165, 1.54) is 0 Å². The molecule has 10 heteroatoms. The molecule has 0 saturated heterocycles. The lowest BCUT2D eigenvalue weighted by Crippen LogP contribution is -2.25. The summed E-state index contributed by atoms with van der Waals surface area (Å²) in [6, 6.07) is 15.9. The summed E-state index contributed by atoms with van der Waals surface area (Å²) in [6.07, 6.45) is 0.514. The van der Waals surface area contributed by atoms with Crippen LogP contribution in [-0.4, -0.2) is 38.2 Å². The summed E-state index contributed by atoms with van der Waals surface area (Å²) < 4.78 is 32.1. The lowest BCUT2D eigenvalue weighted by atomic mass is 10.1. The molecule has 0 saturated carbocycles. The number of amides is 1. The number of nitrogens with one attached hydrogen (secondary N) is 2. The Hall–Kier alpha value is -2.82. The topological polar surface area (TPSA) is 110 Å². The second-order valence-electron chi connectivity index (χ2n) is 5.69. The van der Waals surface area contributed by atoms with Gasteiger partial charge in [0.1, 0.15) is 5.75 Å². The number of aromatic nitrogens is 2. The van der Waals surface area contributed by atoms with Crippen LogP contribution in [0.2, 0.25) is 0 Å². The standard InChI is InChI=1S/C18H18N4O4S2/c1-26-15-9-7-13(8-10-15)11-12-19-28(24,25)18-22-21-17(27-18)20-16(23)14-5-3-2-4-6-14/h2-10,19H,11-12H2,1H3,(H,20,21,23). The molecule has 0 aliphatic heterocycles. The number of methoxy groups -OCH3 is 1. The van der Waals surface area contributed by atoms with Gasteiger partial charge in [0.25, 0.3) is 15.9 Å². The van der Waals surface area contributed by atoms with Gasteiger partial charge in [-0.25, -0.2) is 13.1 Å². The van der Waals surface area contributed by atoms with Crippen LogP contribution in [0, 0.1) is 0 Å². The molecule has 2 aromatic carbocycles. The molecule has 0 spiro atoms. The molecule has 3 rings (SSSR count). The molecule has 0 fully saturated rings. The van der Waals surface area contributed by atoms with Gasteiger partial charge in [-0.15, -0.1) is 10.2 Å². The van der Waals surface area contributed by atoms with Crippen LogP contribution in [0.25, 0.3) is 0 Å². The minimum atomic E-state index is -3.80. The van der Waals surface area contributed by atoms with Gasteiger partial charge in [-0.1, -0.05) is 41.7 Å². The van der Waals surface area contributed by atoms with Gasteiger partial charge in [-0.3, -0.25) is 10.1 Å². The number of sulfonamides is 1. The van der Waals surface area contributed by atoms with Crippen molar-refractivity contribution in [3.05, 3.63) is 65.7 Å². The van der Waals surface area contributed by atoms with E-state index in [0.717, 1.165) is 22.6 Å². The Morgan fingerprint density at radius 2 is 1.79 bits per heavy atom. The van der Waals surface area contributed by atoms with Gasteiger partial charge >= 0.3 is 0 Å². The summed E-state index contributed by atoms with van der Waals surface area (Å²) in [4.78, 5) is 12.1. The summed E-state index contributed by atoms with van der Waals surface area (Å²) in [7, 11) is -2.22. The third kappa shape index (κ3) is 5.12. The Morgan fingerprint density at radius 3 is 2.46 bits per heavy atom. The molecule has 1 amide bonds. The second kappa shape index (κ2) is 8.91. The summed E-state index contributed by atoms with van der Waals surface area (Å²) in [5.74, 6) is 0.358. The predicted molar refractivity (Wildman–Crippen MR) is 106 cm³/mol. The number of hydrogen-bond donors (Lipinski definition) is 2. The molecule has 0 bridgehead atoms. The van der Waals surface area contributed by atoms with Crippen molar-refractivity contribution in [1.29, 1.82) is 0 Å². The van der Waals surface area contributed by atoms with Crippen molar-refractivity contribution in [3.63, 3.8) is 0 Å². The summed E-state index contributed by atoms with van der Waals surface area (Å²) in [6.45, 7) is 0.208. The Labute approximate surface area is 166 Å². The monoisotopic (exact) mass is 418 g/mol. The molecule has 1 heterocycles. The molecule has 0 atom stereocenters. The number of ether oxygens (including phenoxy) is 1. The molecule has 3 aromatic rings. The molecule has 1 aromatic heterocycles. The first-order valence-corrected chi connectivity index (χ1v) is 10.6. The highest BCUT2D eigenvalue weighted by Crippen LogP contribution is 2.20. The van der Waals surface area contributed by atoms with E-state index in [2.05, 4.69) is 20.2 Å². The van der Waals surface area contributed by atoms with Gasteiger partial charge in [0, 0.05) is 12.1 Å². The van der Waals surface area contributed by atoms with E-state index in [1.807, 2.05) is 24.3 Å². The average molecular weight is 419 g/mol. The van der Waals surface area contributed by atoms with Crippen LogP contribution in [0.1, 0.15) is 15.9 Å². The summed E-state index contributed by atoms with van der Waals surface area (Å²) in [5.41, 5.74) is 1.41. The van der Waals surface area contributed by atoms with Crippen molar-refractivity contribution in [2.75, 3.05) is 19.0 Å². The second-order valence-corrected chi connectivity index (χ2v) is 8.61. The van der Waals surface area contributed by atoms with E-state index in [4.69, 9.17) is 4.74 Å². The molecular formula is C18H18N4O4S2. The highest BCUT2D eigenvalue weighted by atomic mass is 32.2. The molecule has 146 valence electrons. The first-order valence-electron chi connectivity index (χ1n) is 8.30. The van der Waals surface area contributed by atoms with Crippen molar-refractivity contribution in [1.82, 2.24) is 14.9 Å². The maximum atomic E-state index is 12.4. The summed E-state index contributed by atoms with van der Waals surface area (Å²) >= 11 is 0.793. The summed E-state index contributed by atoms with van der Waals surface area (Å²) in [5, 5.41) is 10.1. The Kier molecular flexibility index (Phi) is 6.34. The molecule has 0 radical (unpaired) electrons. The predicted octanol–water partition coefficient (Wildman–Crippen LogP) is 2.32. The van der Waals surface area contributed by atoms with E-state index in [-0.39, 0.29) is 21.9 Å². The van der Waals surface area contributed by atoms with Crippen LogP contribution in [0.15, 0.2) is 58.9 Å². The van der Waals surface area contributed by atoms with Gasteiger partial charge in [0.05, 0.1) is 7.11 Å². The number of nitrogens with zero attached hydrogens (tertiary/aromatic N) is 2. The van der Waals surface area contributed by atoms with Crippen LogP contribution in [0.4, 0.5) is 5.13 Å². The normalized spacial score (nSPS) is 11.2. The number of carbonyl (C=O) groups excluding carboxylic acids is 1. The zero-order valence-electron chi connectivity index (χ0n) is 15.0. The molecular weight excluding hydrogens is 400 g/mol. The van der Waals surface area contributed by atoms with Crippen molar-refractivity contribution < 1.29 is 17.9 Å². The van der Waals surface area contributed by atoms with Crippen LogP contribution >= 0.6 is 11.3 Å². The Balaban J connectivity index is 1.57. The number of benzene rings is 2. The molecule has 28 heavy (non-hydrogen) atoms. The third-order valence-electron chi connectivity index (χ3n) is 3.76. The molecule has 0 unspecified atom stereocenters. The molecule has 2 N–H and O–H groups in total. The lowest BCUT2D eigenvalue weighted by molar-refractivity contribution is 0.102. The maximum absolute atomic E-state index is 12.4. The smallest absolute Gasteiger partial charge is 0.269 e. The largest absolute Gasteiger partial charge is 0.497 e. The van der Waals surface area contributed by atoms with Crippen LogP contribution in [0.5, 0.6) is 5.75 Å². The minimum absolute atomic E-state index is 0.115. The van der Waals surface area contributed by atoms with Crippen molar-refractivity contribution in [2.24, 2.45) is 0 Å². The first-order chi connectivity index (χ1) is 13.5. The maximum Gasteiger partial charge on any atom is 0.269 e. The van der Waals surface area contributed by atoms with Crippen molar-refractivity contribution in [3.8, 4) is 5.75 Å². The molecule has 0 aliphatic carbocycles.